The molecule has 0 spiro atoms. The first kappa shape index (κ1) is 17.1. The Morgan fingerprint density at radius 2 is 1.76 bits per heavy atom. The third kappa shape index (κ3) is 2.77. The molecular weight excluding hydrogens is 328 g/mol. The molecule has 0 unspecified atom stereocenters. The Kier molecular flexibility index (Phi) is 3.85. The Morgan fingerprint density at radius 3 is 2.20 bits per heavy atom. The van der Waals surface area contributed by atoms with Crippen molar-refractivity contribution in [3.05, 3.63) is 56.1 Å². The molecule has 3 atom stereocenters. The van der Waals surface area contributed by atoms with Gasteiger partial charge < -0.3 is 4.74 Å². The van der Waals surface area contributed by atoms with Crippen LogP contribution in [0.15, 0.2) is 30.4 Å². The minimum absolute atomic E-state index is 0.122. The van der Waals surface area contributed by atoms with E-state index in [1.165, 1.54) is 0 Å². The lowest BCUT2D eigenvalue weighted by molar-refractivity contribution is -0.394. The predicted molar refractivity (Wildman–Crippen MR) is 88.1 cm³/mol. The van der Waals surface area contributed by atoms with Gasteiger partial charge in [0.2, 0.25) is 0 Å². The van der Waals surface area contributed by atoms with E-state index in [1.807, 2.05) is 0 Å². The number of fused-ring (bicyclic) bond motifs is 1. The highest BCUT2D eigenvalue weighted by atomic mass is 16.6. The molecule has 1 aromatic rings. The van der Waals surface area contributed by atoms with Gasteiger partial charge in [-0.3, -0.25) is 20.2 Å². The van der Waals surface area contributed by atoms with Gasteiger partial charge in [-0.15, -0.1) is 0 Å². The number of carbonyl (C=O) groups excluding carboxylic acids is 1. The minimum Gasteiger partial charge on any atom is -0.454 e. The van der Waals surface area contributed by atoms with E-state index in [4.69, 9.17) is 4.74 Å². The van der Waals surface area contributed by atoms with Crippen molar-refractivity contribution >= 4 is 17.3 Å². The highest BCUT2D eigenvalue weighted by Crippen LogP contribution is 2.69. The third-order valence-electron chi connectivity index (χ3n) is 5.50. The maximum Gasteiger partial charge on any atom is 0.339 e. The fourth-order valence-electron chi connectivity index (χ4n) is 3.86. The summed E-state index contributed by atoms with van der Waals surface area (Å²) in [6, 6.07) is 2.80. The fraction of sp³-hybridized carbons (Fsp3) is 0.471. The van der Waals surface area contributed by atoms with Crippen LogP contribution in [0, 0.1) is 37.5 Å². The van der Waals surface area contributed by atoms with Gasteiger partial charge in [0.05, 0.1) is 21.5 Å². The number of nitro groups is 2. The SMILES string of the molecule is C=C1[C@H]2C[C@@]2(C(C)C)C[C@H]1OC(=O)c1cc([N+](=O)[O-])cc([N+](=O)[O-])c1. The number of ether oxygens (including phenoxy) is 1. The van der Waals surface area contributed by atoms with Crippen LogP contribution in [0.3, 0.4) is 0 Å². The highest BCUT2D eigenvalue weighted by molar-refractivity contribution is 5.91. The Morgan fingerprint density at radius 1 is 1.20 bits per heavy atom. The number of esters is 1. The van der Waals surface area contributed by atoms with Crippen molar-refractivity contribution in [2.24, 2.45) is 17.3 Å². The lowest BCUT2D eigenvalue weighted by Crippen LogP contribution is -2.21. The van der Waals surface area contributed by atoms with E-state index in [0.717, 1.165) is 30.2 Å². The van der Waals surface area contributed by atoms with Crippen molar-refractivity contribution in [3.8, 4) is 0 Å². The summed E-state index contributed by atoms with van der Waals surface area (Å²) in [5.41, 5.74) is -0.257. The standard InChI is InChI=1S/C17H18N2O6/c1-9(2)17-7-14(17)10(3)15(8-17)25-16(20)11-4-12(18(21)22)6-13(5-11)19(23)24/h4-6,9,14-15H,3,7-8H2,1-2H3/t14-,15-,17+/m1/s1. The Bertz CT molecular complexity index is 770. The summed E-state index contributed by atoms with van der Waals surface area (Å²) in [5.74, 6) is -0.0280. The van der Waals surface area contributed by atoms with Crippen LogP contribution in [0.25, 0.3) is 0 Å². The Hall–Kier alpha value is -2.77. The molecule has 25 heavy (non-hydrogen) atoms. The summed E-state index contributed by atoms with van der Waals surface area (Å²) in [7, 11) is 0. The van der Waals surface area contributed by atoms with Crippen LogP contribution in [0.2, 0.25) is 0 Å². The van der Waals surface area contributed by atoms with E-state index < -0.39 is 33.3 Å². The van der Waals surface area contributed by atoms with Gasteiger partial charge in [0.1, 0.15) is 6.10 Å². The monoisotopic (exact) mass is 346 g/mol. The fourth-order valence-corrected chi connectivity index (χ4v) is 3.86. The largest absolute Gasteiger partial charge is 0.454 e. The molecule has 8 nitrogen and oxygen atoms in total. The van der Waals surface area contributed by atoms with Crippen molar-refractivity contribution in [1.29, 1.82) is 0 Å². The zero-order valence-electron chi connectivity index (χ0n) is 13.9. The van der Waals surface area contributed by atoms with E-state index >= 15 is 0 Å². The van der Waals surface area contributed by atoms with Gasteiger partial charge in [0.15, 0.2) is 0 Å². The van der Waals surface area contributed by atoms with E-state index in [9.17, 15) is 25.0 Å². The molecule has 0 aliphatic heterocycles. The summed E-state index contributed by atoms with van der Waals surface area (Å²) in [6.45, 7) is 8.28. The molecule has 8 heteroatoms. The van der Waals surface area contributed by atoms with E-state index in [0.29, 0.717) is 18.3 Å². The Labute approximate surface area is 143 Å². The van der Waals surface area contributed by atoms with Crippen molar-refractivity contribution < 1.29 is 19.4 Å². The molecule has 0 heterocycles. The number of non-ortho nitro benzene ring substituents is 2. The second-order valence-corrected chi connectivity index (χ2v) is 7.07. The molecule has 1 aromatic carbocycles. The minimum atomic E-state index is -0.807. The number of hydrogen-bond donors (Lipinski definition) is 0. The molecule has 0 bridgehead atoms. The zero-order chi connectivity index (χ0) is 18.5. The molecule has 2 aliphatic rings. The molecule has 3 rings (SSSR count). The summed E-state index contributed by atoms with van der Waals surface area (Å²) in [6.07, 6.45) is 1.27. The topological polar surface area (TPSA) is 113 Å². The van der Waals surface area contributed by atoms with Gasteiger partial charge in [-0.2, -0.15) is 0 Å². The van der Waals surface area contributed by atoms with Gasteiger partial charge >= 0.3 is 5.97 Å². The first-order chi connectivity index (χ1) is 11.7. The first-order valence-corrected chi connectivity index (χ1v) is 7.99. The van der Waals surface area contributed by atoms with Crippen LogP contribution in [-0.4, -0.2) is 21.9 Å². The third-order valence-corrected chi connectivity index (χ3v) is 5.50. The zero-order valence-corrected chi connectivity index (χ0v) is 13.9. The molecule has 2 aliphatic carbocycles. The Balaban J connectivity index is 1.81. The summed E-state index contributed by atoms with van der Waals surface area (Å²) >= 11 is 0. The van der Waals surface area contributed by atoms with Crippen LogP contribution in [-0.2, 0) is 4.74 Å². The van der Waals surface area contributed by atoms with Crippen LogP contribution >= 0.6 is 0 Å². The smallest absolute Gasteiger partial charge is 0.339 e. The van der Waals surface area contributed by atoms with Gasteiger partial charge in [-0.05, 0) is 35.7 Å². The lowest BCUT2D eigenvalue weighted by atomic mass is 9.89. The summed E-state index contributed by atoms with van der Waals surface area (Å²) in [5, 5.41) is 21.9. The molecule has 132 valence electrons. The van der Waals surface area contributed by atoms with Crippen LogP contribution in [0.5, 0.6) is 0 Å². The van der Waals surface area contributed by atoms with Crippen LogP contribution < -0.4 is 0 Å². The second kappa shape index (κ2) is 5.65. The lowest BCUT2D eigenvalue weighted by Gasteiger charge is -2.20. The van der Waals surface area contributed by atoms with Gasteiger partial charge in [0, 0.05) is 12.1 Å². The van der Waals surface area contributed by atoms with E-state index in [-0.39, 0.29) is 11.0 Å². The van der Waals surface area contributed by atoms with Gasteiger partial charge in [-0.1, -0.05) is 20.4 Å². The quantitative estimate of drug-likeness (QED) is 0.348. The number of rotatable bonds is 5. The molecule has 0 radical (unpaired) electrons. The second-order valence-electron chi connectivity index (χ2n) is 7.07. The van der Waals surface area contributed by atoms with E-state index in [1.54, 1.807) is 0 Å². The number of carbonyl (C=O) groups is 1. The average molecular weight is 346 g/mol. The predicted octanol–water partition coefficient (Wildman–Crippen LogP) is 3.65. The molecule has 0 saturated heterocycles. The molecule has 2 saturated carbocycles. The highest BCUT2D eigenvalue weighted by Gasteiger charge is 2.64. The molecule has 0 amide bonds. The number of benzene rings is 1. The molecular formula is C17H18N2O6. The summed E-state index contributed by atoms with van der Waals surface area (Å²) < 4.78 is 5.47. The molecule has 0 aromatic heterocycles. The van der Waals surface area contributed by atoms with Crippen molar-refractivity contribution in [2.45, 2.75) is 32.8 Å². The van der Waals surface area contributed by atoms with E-state index in [2.05, 4.69) is 20.4 Å². The van der Waals surface area contributed by atoms with Crippen molar-refractivity contribution in [3.63, 3.8) is 0 Å². The first-order valence-electron chi connectivity index (χ1n) is 7.99. The van der Waals surface area contributed by atoms with Gasteiger partial charge in [-0.25, -0.2) is 4.79 Å². The number of nitro benzene ring substituents is 2. The number of hydrogen-bond acceptors (Lipinski definition) is 6. The number of nitrogens with zero attached hydrogens (tertiary/aromatic N) is 2. The molecule has 2 fully saturated rings. The van der Waals surface area contributed by atoms with Crippen molar-refractivity contribution in [2.75, 3.05) is 0 Å². The normalized spacial score (nSPS) is 27.1. The maximum absolute atomic E-state index is 12.4. The van der Waals surface area contributed by atoms with Gasteiger partial charge in [0.25, 0.3) is 11.4 Å². The van der Waals surface area contributed by atoms with Crippen LogP contribution in [0.1, 0.15) is 37.0 Å². The summed E-state index contributed by atoms with van der Waals surface area (Å²) in [4.78, 5) is 32.7. The maximum atomic E-state index is 12.4. The van der Waals surface area contributed by atoms with Crippen LogP contribution in [0.4, 0.5) is 11.4 Å². The van der Waals surface area contributed by atoms with Crippen molar-refractivity contribution in [1.82, 2.24) is 0 Å². The average Bonchev–Trinajstić information content (AvgIpc) is 3.22. The molecule has 0 N–H and O–H groups in total.